The molecule has 0 amide bonds. The molecule has 0 spiro atoms. The minimum Gasteiger partial charge on any atom is -0.463 e. The maximum absolute atomic E-state index is 12.6. The maximum atomic E-state index is 12.6. The Morgan fingerprint density at radius 1 is 0.897 bits per heavy atom. The number of ether oxygens (including phenoxy) is 4. The third-order valence-corrected chi connectivity index (χ3v) is 5.17. The van der Waals surface area contributed by atoms with E-state index >= 15 is 0 Å². The SMILES string of the molecule is C[B]C(C)(C[B]C(C)(CC)C(=O)OCC[N+](C)(C)C)C(=O)OCCOCCOC. The third kappa shape index (κ3) is 11.1. The summed E-state index contributed by atoms with van der Waals surface area (Å²) in [6.45, 7) is 10.0. The van der Waals surface area contributed by atoms with E-state index in [9.17, 15) is 9.59 Å². The number of esters is 2. The van der Waals surface area contributed by atoms with Crippen molar-refractivity contribution >= 4 is 26.5 Å². The van der Waals surface area contributed by atoms with Crippen LogP contribution in [0.3, 0.4) is 0 Å². The molecule has 9 heteroatoms. The first-order valence-electron chi connectivity index (χ1n) is 10.3. The fourth-order valence-corrected chi connectivity index (χ4v) is 2.31. The van der Waals surface area contributed by atoms with E-state index in [0.29, 0.717) is 39.2 Å². The molecule has 7 nitrogen and oxygen atoms in total. The number of methoxy groups -OCH3 is 1. The molecule has 0 aliphatic rings. The Morgan fingerprint density at radius 2 is 1.45 bits per heavy atom. The molecular weight excluding hydrogens is 372 g/mol. The molecule has 166 valence electrons. The molecule has 0 heterocycles. The van der Waals surface area contributed by atoms with Crippen molar-refractivity contribution in [2.75, 3.05) is 67.8 Å². The number of hydrogen-bond donors (Lipinski definition) is 0. The Kier molecular flexibility index (Phi) is 12.8. The average Bonchev–Trinajstić information content (AvgIpc) is 2.67. The number of likely N-dealkylation sites (N-methyl/N-ethyl adjacent to an activating group) is 1. The molecule has 0 saturated heterocycles. The lowest BCUT2D eigenvalue weighted by Gasteiger charge is -2.31. The molecule has 0 aromatic carbocycles. The second kappa shape index (κ2) is 13.3. The highest BCUT2D eigenvalue weighted by atomic mass is 16.6. The molecule has 0 saturated carbocycles. The lowest BCUT2D eigenvalue weighted by atomic mass is 9.39. The van der Waals surface area contributed by atoms with Crippen LogP contribution in [-0.2, 0) is 28.5 Å². The van der Waals surface area contributed by atoms with Gasteiger partial charge < -0.3 is 23.4 Å². The van der Waals surface area contributed by atoms with Crippen LogP contribution < -0.4 is 0 Å². The molecule has 0 aliphatic heterocycles. The molecule has 0 rings (SSSR count). The van der Waals surface area contributed by atoms with Crippen molar-refractivity contribution < 1.29 is 33.0 Å². The first-order chi connectivity index (χ1) is 13.4. The number of rotatable bonds is 16. The summed E-state index contributed by atoms with van der Waals surface area (Å²) in [5.41, 5.74) is 0. The van der Waals surface area contributed by atoms with Crippen molar-refractivity contribution in [1.29, 1.82) is 0 Å². The Morgan fingerprint density at radius 3 is 1.97 bits per heavy atom. The van der Waals surface area contributed by atoms with E-state index in [2.05, 4.69) is 21.1 Å². The molecule has 2 radical (unpaired) electrons. The summed E-state index contributed by atoms with van der Waals surface area (Å²) >= 11 is 0. The average molecular weight is 412 g/mol. The van der Waals surface area contributed by atoms with Gasteiger partial charge in [0.2, 0.25) is 0 Å². The van der Waals surface area contributed by atoms with Crippen LogP contribution in [-0.4, -0.2) is 98.8 Å². The predicted molar refractivity (Wildman–Crippen MR) is 117 cm³/mol. The molecular formula is C20H40B2NO6+. The van der Waals surface area contributed by atoms with Gasteiger partial charge in [0, 0.05) is 17.7 Å². The first-order valence-corrected chi connectivity index (χ1v) is 10.3. The zero-order valence-electron chi connectivity index (χ0n) is 19.7. The summed E-state index contributed by atoms with van der Waals surface area (Å²) in [7, 11) is 11.5. The second-order valence-corrected chi connectivity index (χ2v) is 8.78. The number of hydrogen-bond acceptors (Lipinski definition) is 6. The van der Waals surface area contributed by atoms with Gasteiger partial charge in [-0.3, -0.25) is 9.59 Å². The van der Waals surface area contributed by atoms with E-state index in [4.69, 9.17) is 18.9 Å². The van der Waals surface area contributed by atoms with Gasteiger partial charge in [0.25, 0.3) is 0 Å². The Bertz CT molecular complexity index is 500. The summed E-state index contributed by atoms with van der Waals surface area (Å²) in [6, 6.07) is 0. The molecule has 0 fully saturated rings. The van der Waals surface area contributed by atoms with Crippen molar-refractivity contribution in [2.24, 2.45) is 0 Å². The largest absolute Gasteiger partial charge is 0.463 e. The summed E-state index contributed by atoms with van der Waals surface area (Å²) in [5, 5.41) is -1.57. The zero-order chi connectivity index (χ0) is 22.6. The topological polar surface area (TPSA) is 71.1 Å². The quantitative estimate of drug-likeness (QED) is 0.167. The van der Waals surface area contributed by atoms with Gasteiger partial charge in [-0.2, -0.15) is 0 Å². The molecule has 0 aromatic rings. The summed E-state index contributed by atoms with van der Waals surface area (Å²) in [6.07, 6.45) is 0.986. The van der Waals surface area contributed by atoms with Gasteiger partial charge in [-0.25, -0.2) is 0 Å². The molecule has 0 aliphatic carbocycles. The van der Waals surface area contributed by atoms with Crippen LogP contribution >= 0.6 is 0 Å². The summed E-state index contributed by atoms with van der Waals surface area (Å²) in [5.74, 6) is -0.588. The lowest BCUT2D eigenvalue weighted by molar-refractivity contribution is -0.870. The highest BCUT2D eigenvalue weighted by Crippen LogP contribution is 2.39. The summed E-state index contributed by atoms with van der Waals surface area (Å²) in [4.78, 5) is 25.2. The fraction of sp³-hybridized carbons (Fsp3) is 0.900. The van der Waals surface area contributed by atoms with Gasteiger partial charge >= 0.3 is 11.9 Å². The molecule has 2 unspecified atom stereocenters. The smallest absolute Gasteiger partial charge is 0.303 e. The maximum Gasteiger partial charge on any atom is 0.303 e. The Balaban J connectivity index is 4.65. The standard InChI is InChI=1S/C20H40B2NO6/c1-9-19(2,17(24)28-11-10-23(5,6)7)22-16-20(3,21-4)18(25)29-15-14-27-13-12-26-8/h9-16H2,1-8H3/q+1. The van der Waals surface area contributed by atoms with Gasteiger partial charge in [0.05, 0.1) is 41.0 Å². The van der Waals surface area contributed by atoms with E-state index in [0.717, 1.165) is 11.0 Å². The van der Waals surface area contributed by atoms with Crippen LogP contribution in [0.1, 0.15) is 27.2 Å². The van der Waals surface area contributed by atoms with Crippen molar-refractivity contribution in [1.82, 2.24) is 0 Å². The van der Waals surface area contributed by atoms with Crippen LogP contribution in [0.2, 0.25) is 23.8 Å². The molecule has 0 bridgehead atoms. The van der Waals surface area contributed by atoms with E-state index in [-0.39, 0.29) is 18.5 Å². The van der Waals surface area contributed by atoms with Crippen molar-refractivity contribution in [3.63, 3.8) is 0 Å². The number of carbonyl (C=O) groups is 2. The predicted octanol–water partition coefficient (Wildman–Crippen LogP) is 2.08. The number of nitrogens with zero attached hydrogens (tertiary/aromatic N) is 1. The van der Waals surface area contributed by atoms with E-state index < -0.39 is 10.6 Å². The molecule has 0 N–H and O–H groups in total. The van der Waals surface area contributed by atoms with Crippen molar-refractivity contribution in [3.05, 3.63) is 0 Å². The minimum absolute atomic E-state index is 0.185. The third-order valence-electron chi connectivity index (χ3n) is 5.17. The van der Waals surface area contributed by atoms with E-state index in [1.54, 1.807) is 7.11 Å². The zero-order valence-corrected chi connectivity index (χ0v) is 19.7. The Hall–Kier alpha value is -1.05. The van der Waals surface area contributed by atoms with Crippen LogP contribution in [0.25, 0.3) is 0 Å². The normalized spacial score (nSPS) is 15.7. The van der Waals surface area contributed by atoms with E-state index in [1.807, 2.05) is 42.2 Å². The minimum atomic E-state index is -0.814. The van der Waals surface area contributed by atoms with Crippen LogP contribution in [0.5, 0.6) is 0 Å². The summed E-state index contributed by atoms with van der Waals surface area (Å²) < 4.78 is 21.8. The highest BCUT2D eigenvalue weighted by Gasteiger charge is 2.40. The van der Waals surface area contributed by atoms with Gasteiger partial charge in [-0.1, -0.05) is 33.9 Å². The fourth-order valence-electron chi connectivity index (χ4n) is 2.31. The Labute approximate surface area is 178 Å². The molecule has 0 aromatic heterocycles. The van der Waals surface area contributed by atoms with Crippen LogP contribution in [0.4, 0.5) is 0 Å². The molecule has 29 heavy (non-hydrogen) atoms. The van der Waals surface area contributed by atoms with Gasteiger partial charge in [-0.05, 0) is 6.42 Å². The number of quaternary nitrogens is 1. The van der Waals surface area contributed by atoms with Crippen LogP contribution in [0.15, 0.2) is 0 Å². The number of carbonyl (C=O) groups excluding carboxylic acids is 2. The van der Waals surface area contributed by atoms with Gasteiger partial charge in [-0.15, -0.1) is 0 Å². The second-order valence-electron chi connectivity index (χ2n) is 8.78. The van der Waals surface area contributed by atoms with Crippen molar-refractivity contribution in [3.8, 4) is 0 Å². The van der Waals surface area contributed by atoms with Gasteiger partial charge in [0.15, 0.2) is 0 Å². The van der Waals surface area contributed by atoms with Gasteiger partial charge in [0.1, 0.15) is 34.3 Å². The van der Waals surface area contributed by atoms with Crippen molar-refractivity contribution in [2.45, 2.75) is 51.0 Å². The lowest BCUT2D eigenvalue weighted by Crippen LogP contribution is -2.39. The van der Waals surface area contributed by atoms with Crippen LogP contribution in [0, 0.1) is 0 Å². The first kappa shape index (κ1) is 27.9. The van der Waals surface area contributed by atoms with E-state index in [1.165, 1.54) is 0 Å². The monoisotopic (exact) mass is 412 g/mol. The highest BCUT2D eigenvalue weighted by molar-refractivity contribution is 6.53. The molecule has 2 atom stereocenters.